The summed E-state index contributed by atoms with van der Waals surface area (Å²) in [5.74, 6) is -1.19. The average molecular weight is 272 g/mol. The van der Waals surface area contributed by atoms with Crippen LogP contribution in [0.2, 0.25) is 0 Å². The summed E-state index contributed by atoms with van der Waals surface area (Å²) in [5.41, 5.74) is 0.228. The Morgan fingerprint density at radius 2 is 2.11 bits per heavy atom. The second-order valence-electron chi connectivity index (χ2n) is 3.94. The molecule has 0 aromatic heterocycles. The van der Waals surface area contributed by atoms with Crippen LogP contribution in [0.1, 0.15) is 22.3 Å². The van der Waals surface area contributed by atoms with Gasteiger partial charge in [0.25, 0.3) is 0 Å². The third kappa shape index (κ3) is 4.17. The van der Waals surface area contributed by atoms with Crippen molar-refractivity contribution < 1.29 is 23.1 Å². The van der Waals surface area contributed by atoms with E-state index in [4.69, 9.17) is 10.4 Å². The van der Waals surface area contributed by atoms with E-state index in [1.54, 1.807) is 6.07 Å². The number of rotatable bonds is 4. The molecule has 102 valence electrons. The average Bonchev–Trinajstić information content (AvgIpc) is 2.34. The number of nitrogens with zero attached hydrogens (tertiary/aromatic N) is 2. The van der Waals surface area contributed by atoms with Gasteiger partial charge in [0.15, 0.2) is 0 Å². The van der Waals surface area contributed by atoms with Crippen LogP contribution in [-0.4, -0.2) is 30.8 Å². The minimum atomic E-state index is -4.28. The van der Waals surface area contributed by atoms with Gasteiger partial charge in [0.05, 0.1) is 23.2 Å². The zero-order valence-electron chi connectivity index (χ0n) is 10.0. The number of hydrogen-bond donors (Lipinski definition) is 1. The maximum Gasteiger partial charge on any atom is 0.390 e. The molecule has 0 aliphatic heterocycles. The van der Waals surface area contributed by atoms with E-state index in [0.717, 1.165) is 6.07 Å². The molecule has 0 fully saturated rings. The van der Waals surface area contributed by atoms with Crippen LogP contribution in [0, 0.1) is 11.3 Å². The lowest BCUT2D eigenvalue weighted by atomic mass is 10.1. The molecule has 7 heteroatoms. The second kappa shape index (κ2) is 5.61. The number of halogens is 3. The topological polar surface area (TPSA) is 64.3 Å². The molecule has 0 saturated carbocycles. The highest BCUT2D eigenvalue weighted by Crippen LogP contribution is 2.24. The highest BCUT2D eigenvalue weighted by Gasteiger charge is 2.27. The van der Waals surface area contributed by atoms with Crippen LogP contribution in [0.25, 0.3) is 0 Å². The zero-order chi connectivity index (χ0) is 14.6. The number of carbonyl (C=O) groups is 1. The van der Waals surface area contributed by atoms with Gasteiger partial charge in [-0.1, -0.05) is 0 Å². The molecule has 0 aliphatic carbocycles. The number of nitriles is 1. The Bertz CT molecular complexity index is 521. The maximum absolute atomic E-state index is 12.1. The minimum Gasteiger partial charge on any atom is -0.478 e. The van der Waals surface area contributed by atoms with Gasteiger partial charge in [-0.25, -0.2) is 4.79 Å². The molecule has 0 heterocycles. The molecule has 1 aromatic rings. The van der Waals surface area contributed by atoms with E-state index < -0.39 is 18.6 Å². The van der Waals surface area contributed by atoms with Crippen molar-refractivity contribution in [3.05, 3.63) is 29.3 Å². The summed E-state index contributed by atoms with van der Waals surface area (Å²) in [4.78, 5) is 12.0. The van der Waals surface area contributed by atoms with Crippen molar-refractivity contribution in [2.75, 3.05) is 18.5 Å². The lowest BCUT2D eigenvalue weighted by Crippen LogP contribution is -2.24. The first-order valence-corrected chi connectivity index (χ1v) is 5.30. The van der Waals surface area contributed by atoms with Gasteiger partial charge in [-0.3, -0.25) is 0 Å². The normalized spacial score (nSPS) is 10.9. The molecule has 0 radical (unpaired) electrons. The number of anilines is 1. The molecule has 4 nitrogen and oxygen atoms in total. The highest BCUT2D eigenvalue weighted by molar-refractivity contribution is 5.89. The molecule has 0 spiro atoms. The summed E-state index contributed by atoms with van der Waals surface area (Å²) in [6.07, 6.45) is -5.28. The van der Waals surface area contributed by atoms with Crippen LogP contribution >= 0.6 is 0 Å². The van der Waals surface area contributed by atoms with Gasteiger partial charge in [-0.15, -0.1) is 0 Å². The summed E-state index contributed by atoms with van der Waals surface area (Å²) >= 11 is 0. The van der Waals surface area contributed by atoms with Crippen molar-refractivity contribution in [2.45, 2.75) is 12.6 Å². The van der Waals surface area contributed by atoms with E-state index in [1.165, 1.54) is 24.1 Å². The zero-order valence-corrected chi connectivity index (χ0v) is 10.0. The first kappa shape index (κ1) is 14.8. The van der Waals surface area contributed by atoms with Crippen LogP contribution in [0.5, 0.6) is 0 Å². The molecule has 0 atom stereocenters. The number of benzene rings is 1. The number of aromatic carboxylic acids is 1. The van der Waals surface area contributed by atoms with Crippen molar-refractivity contribution in [3.63, 3.8) is 0 Å². The van der Waals surface area contributed by atoms with Crippen LogP contribution in [0.4, 0.5) is 18.9 Å². The van der Waals surface area contributed by atoms with Gasteiger partial charge in [0, 0.05) is 13.6 Å². The fourth-order valence-corrected chi connectivity index (χ4v) is 1.51. The van der Waals surface area contributed by atoms with Gasteiger partial charge in [0.1, 0.15) is 6.07 Å². The summed E-state index contributed by atoms with van der Waals surface area (Å²) in [6.45, 7) is -0.301. The monoisotopic (exact) mass is 272 g/mol. The van der Waals surface area contributed by atoms with Gasteiger partial charge in [0.2, 0.25) is 0 Å². The van der Waals surface area contributed by atoms with Gasteiger partial charge in [-0.05, 0) is 18.2 Å². The Kier molecular flexibility index (Phi) is 4.38. The Morgan fingerprint density at radius 1 is 1.47 bits per heavy atom. The van der Waals surface area contributed by atoms with Crippen LogP contribution in [-0.2, 0) is 0 Å². The molecule has 1 rings (SSSR count). The Balaban J connectivity index is 2.95. The SMILES string of the molecule is CN(CCC(F)(F)F)c1ccc(C(=O)O)cc1C#N. The molecule has 0 saturated heterocycles. The lowest BCUT2D eigenvalue weighted by Gasteiger charge is -2.21. The fourth-order valence-electron chi connectivity index (χ4n) is 1.51. The van der Waals surface area contributed by atoms with E-state index >= 15 is 0 Å². The number of alkyl halides is 3. The van der Waals surface area contributed by atoms with Crippen molar-refractivity contribution >= 4 is 11.7 Å². The van der Waals surface area contributed by atoms with Crippen molar-refractivity contribution in [3.8, 4) is 6.07 Å². The number of hydrogen-bond acceptors (Lipinski definition) is 3. The molecule has 0 aliphatic rings. The largest absolute Gasteiger partial charge is 0.478 e. The first-order valence-electron chi connectivity index (χ1n) is 5.30. The number of carboxylic acid groups (broad SMARTS) is 1. The van der Waals surface area contributed by atoms with E-state index in [-0.39, 0.29) is 23.4 Å². The molecular formula is C12H11F3N2O2. The summed E-state index contributed by atoms with van der Waals surface area (Å²) < 4.78 is 36.3. The van der Waals surface area contributed by atoms with E-state index in [1.807, 2.05) is 0 Å². The third-order valence-electron chi connectivity index (χ3n) is 2.51. The first-order chi connectivity index (χ1) is 8.74. The Hall–Kier alpha value is -2.23. The maximum atomic E-state index is 12.1. The fraction of sp³-hybridized carbons (Fsp3) is 0.333. The Morgan fingerprint density at radius 3 is 2.58 bits per heavy atom. The smallest absolute Gasteiger partial charge is 0.390 e. The van der Waals surface area contributed by atoms with Crippen molar-refractivity contribution in [1.29, 1.82) is 5.26 Å². The summed E-state index contributed by atoms with van der Waals surface area (Å²) in [6, 6.07) is 5.51. The molecule has 0 unspecified atom stereocenters. The predicted molar refractivity (Wildman–Crippen MR) is 62.1 cm³/mol. The highest BCUT2D eigenvalue weighted by atomic mass is 19.4. The molecule has 19 heavy (non-hydrogen) atoms. The van der Waals surface area contributed by atoms with E-state index in [0.29, 0.717) is 0 Å². The van der Waals surface area contributed by atoms with Gasteiger partial charge < -0.3 is 10.0 Å². The molecule has 0 bridgehead atoms. The molecule has 1 aromatic carbocycles. The third-order valence-corrected chi connectivity index (χ3v) is 2.51. The summed E-state index contributed by atoms with van der Waals surface area (Å²) in [7, 11) is 1.42. The van der Waals surface area contributed by atoms with Crippen LogP contribution in [0.15, 0.2) is 18.2 Å². The summed E-state index contributed by atoms with van der Waals surface area (Å²) in [5, 5.41) is 17.7. The van der Waals surface area contributed by atoms with Crippen LogP contribution < -0.4 is 4.90 Å². The lowest BCUT2D eigenvalue weighted by molar-refractivity contribution is -0.132. The standard InChI is InChI=1S/C12H11F3N2O2/c1-17(5-4-12(13,14)15)10-3-2-8(11(18)19)6-9(10)7-16/h2-3,6H,4-5H2,1H3,(H,18,19). The van der Waals surface area contributed by atoms with E-state index in [9.17, 15) is 18.0 Å². The van der Waals surface area contributed by atoms with Crippen molar-refractivity contribution in [1.82, 2.24) is 0 Å². The second-order valence-corrected chi connectivity index (χ2v) is 3.94. The minimum absolute atomic E-state index is 0.0320. The van der Waals surface area contributed by atoms with Gasteiger partial charge >= 0.3 is 12.1 Å². The molecule has 0 amide bonds. The quantitative estimate of drug-likeness (QED) is 0.915. The molecule has 1 N–H and O–H groups in total. The molecular weight excluding hydrogens is 261 g/mol. The van der Waals surface area contributed by atoms with Crippen LogP contribution in [0.3, 0.4) is 0 Å². The Labute approximate surface area is 107 Å². The van der Waals surface area contributed by atoms with Gasteiger partial charge in [-0.2, -0.15) is 18.4 Å². The predicted octanol–water partition coefficient (Wildman–Crippen LogP) is 2.65. The van der Waals surface area contributed by atoms with E-state index in [2.05, 4.69) is 0 Å². The van der Waals surface area contributed by atoms with Crippen molar-refractivity contribution in [2.24, 2.45) is 0 Å². The number of carboxylic acids is 1.